The molecule has 0 aliphatic heterocycles. The Morgan fingerprint density at radius 3 is 2.15 bits per heavy atom. The van der Waals surface area contributed by atoms with Gasteiger partial charge in [-0.15, -0.1) is 0 Å². The van der Waals surface area contributed by atoms with Gasteiger partial charge in [0.15, 0.2) is 0 Å². The first-order chi connectivity index (χ1) is 9.47. The Morgan fingerprint density at radius 2 is 1.70 bits per heavy atom. The van der Waals surface area contributed by atoms with Crippen molar-refractivity contribution in [2.45, 2.75) is 19.8 Å². The second-order valence-corrected chi connectivity index (χ2v) is 4.46. The van der Waals surface area contributed by atoms with Crippen molar-refractivity contribution >= 4 is 17.8 Å². The minimum atomic E-state index is -0.460. The quantitative estimate of drug-likeness (QED) is 0.712. The van der Waals surface area contributed by atoms with E-state index in [1.165, 1.54) is 25.4 Å². The molecule has 0 atom stereocenters. The average molecular weight is 281 g/mol. The largest absolute Gasteiger partial charge is 0.468 e. The predicted molar refractivity (Wildman–Crippen MR) is 72.4 cm³/mol. The van der Waals surface area contributed by atoms with Crippen LogP contribution in [0, 0.1) is 0 Å². The van der Waals surface area contributed by atoms with E-state index >= 15 is 0 Å². The molecule has 1 heterocycles. The lowest BCUT2D eigenvalue weighted by molar-refractivity contribution is -0.140. The first kappa shape index (κ1) is 15.9. The summed E-state index contributed by atoms with van der Waals surface area (Å²) in [6, 6.07) is 1.75. The number of hydrogen-bond acceptors (Lipinski definition) is 7. The van der Waals surface area contributed by atoms with Crippen molar-refractivity contribution in [1.29, 1.82) is 0 Å². The Kier molecular flexibility index (Phi) is 5.89. The Bertz CT molecular complexity index is 458. The van der Waals surface area contributed by atoms with Crippen LogP contribution in [-0.4, -0.2) is 49.2 Å². The lowest BCUT2D eigenvalue weighted by atomic mass is 10.1. The van der Waals surface area contributed by atoms with Gasteiger partial charge in [0, 0.05) is 11.8 Å². The van der Waals surface area contributed by atoms with Crippen LogP contribution in [-0.2, 0) is 19.1 Å². The number of ether oxygens (including phenoxy) is 2. The van der Waals surface area contributed by atoms with Crippen LogP contribution in [0.25, 0.3) is 0 Å². The van der Waals surface area contributed by atoms with Crippen LogP contribution >= 0.6 is 0 Å². The molecule has 110 valence electrons. The highest BCUT2D eigenvalue weighted by atomic mass is 16.5. The maximum atomic E-state index is 11.4. The van der Waals surface area contributed by atoms with Crippen molar-refractivity contribution in [3.8, 4) is 0 Å². The molecule has 0 radical (unpaired) electrons. The SMILES string of the molecule is COC(=O)CN(CC(=O)OC)c1cc(C(C)C)ncn1. The van der Waals surface area contributed by atoms with Gasteiger partial charge in [-0.3, -0.25) is 9.59 Å². The van der Waals surface area contributed by atoms with Crippen molar-refractivity contribution in [1.82, 2.24) is 9.97 Å². The molecule has 0 spiro atoms. The van der Waals surface area contributed by atoms with E-state index in [-0.39, 0.29) is 19.0 Å². The molecule has 1 aromatic heterocycles. The van der Waals surface area contributed by atoms with E-state index in [2.05, 4.69) is 19.4 Å². The zero-order valence-electron chi connectivity index (χ0n) is 12.1. The number of carbonyl (C=O) groups is 2. The van der Waals surface area contributed by atoms with E-state index in [9.17, 15) is 9.59 Å². The summed E-state index contributed by atoms with van der Waals surface area (Å²) in [6.07, 6.45) is 1.41. The van der Waals surface area contributed by atoms with E-state index in [1.54, 1.807) is 6.07 Å². The van der Waals surface area contributed by atoms with Crippen LogP contribution < -0.4 is 4.90 Å². The molecule has 0 saturated heterocycles. The first-order valence-electron chi connectivity index (χ1n) is 6.18. The fourth-order valence-corrected chi connectivity index (χ4v) is 1.51. The molecular formula is C13H19N3O4. The molecule has 20 heavy (non-hydrogen) atoms. The zero-order chi connectivity index (χ0) is 15.1. The summed E-state index contributed by atoms with van der Waals surface area (Å²) in [7, 11) is 2.58. The van der Waals surface area contributed by atoms with Gasteiger partial charge < -0.3 is 14.4 Å². The Balaban J connectivity index is 2.99. The van der Waals surface area contributed by atoms with Gasteiger partial charge in [0.25, 0.3) is 0 Å². The van der Waals surface area contributed by atoms with Gasteiger partial charge in [-0.2, -0.15) is 0 Å². The smallest absolute Gasteiger partial charge is 0.325 e. The Morgan fingerprint density at radius 1 is 1.15 bits per heavy atom. The first-order valence-corrected chi connectivity index (χ1v) is 6.18. The molecule has 0 fully saturated rings. The number of esters is 2. The number of rotatable bonds is 6. The summed E-state index contributed by atoms with van der Waals surface area (Å²) in [4.78, 5) is 32.6. The molecule has 0 aliphatic rings. The maximum Gasteiger partial charge on any atom is 0.325 e. The van der Waals surface area contributed by atoms with Gasteiger partial charge in [0.1, 0.15) is 25.2 Å². The highest BCUT2D eigenvalue weighted by molar-refractivity contribution is 5.80. The average Bonchev–Trinajstić information content (AvgIpc) is 2.46. The van der Waals surface area contributed by atoms with Gasteiger partial charge >= 0.3 is 11.9 Å². The minimum Gasteiger partial charge on any atom is -0.468 e. The molecule has 0 aromatic carbocycles. The highest BCUT2D eigenvalue weighted by Gasteiger charge is 2.18. The van der Waals surface area contributed by atoms with Gasteiger partial charge in [0.2, 0.25) is 0 Å². The van der Waals surface area contributed by atoms with Crippen LogP contribution in [0.1, 0.15) is 25.5 Å². The summed E-state index contributed by atoms with van der Waals surface area (Å²) >= 11 is 0. The molecule has 0 saturated carbocycles. The van der Waals surface area contributed by atoms with Crippen molar-refractivity contribution < 1.29 is 19.1 Å². The number of carbonyl (C=O) groups excluding carboxylic acids is 2. The molecule has 0 aliphatic carbocycles. The van der Waals surface area contributed by atoms with Crippen LogP contribution in [0.15, 0.2) is 12.4 Å². The maximum absolute atomic E-state index is 11.4. The van der Waals surface area contributed by atoms with E-state index < -0.39 is 11.9 Å². The third-order valence-corrected chi connectivity index (χ3v) is 2.68. The van der Waals surface area contributed by atoms with Crippen LogP contribution in [0.2, 0.25) is 0 Å². The topological polar surface area (TPSA) is 81.6 Å². The summed E-state index contributed by atoms with van der Waals surface area (Å²) in [5.41, 5.74) is 0.828. The number of hydrogen-bond donors (Lipinski definition) is 0. The van der Waals surface area contributed by atoms with E-state index in [0.717, 1.165) is 5.69 Å². The van der Waals surface area contributed by atoms with E-state index in [1.807, 2.05) is 13.8 Å². The van der Waals surface area contributed by atoms with Gasteiger partial charge in [-0.1, -0.05) is 13.8 Å². The second kappa shape index (κ2) is 7.42. The summed E-state index contributed by atoms with van der Waals surface area (Å²) in [5, 5.41) is 0. The fourth-order valence-electron chi connectivity index (χ4n) is 1.51. The van der Waals surface area contributed by atoms with Crippen molar-refractivity contribution in [2.75, 3.05) is 32.2 Å². The highest BCUT2D eigenvalue weighted by Crippen LogP contribution is 2.17. The van der Waals surface area contributed by atoms with Crippen LogP contribution in [0.4, 0.5) is 5.82 Å². The lowest BCUT2D eigenvalue weighted by Gasteiger charge is -2.21. The Labute approximate surface area is 117 Å². The molecule has 0 amide bonds. The third-order valence-electron chi connectivity index (χ3n) is 2.68. The normalized spacial score (nSPS) is 10.2. The van der Waals surface area contributed by atoms with Crippen molar-refractivity contribution in [3.63, 3.8) is 0 Å². The van der Waals surface area contributed by atoms with Gasteiger partial charge in [0.05, 0.1) is 14.2 Å². The fraction of sp³-hybridized carbons (Fsp3) is 0.538. The Hall–Kier alpha value is -2.18. The third kappa shape index (κ3) is 4.49. The molecule has 0 N–H and O–H groups in total. The van der Waals surface area contributed by atoms with Crippen molar-refractivity contribution in [2.24, 2.45) is 0 Å². The molecule has 0 bridgehead atoms. The molecule has 0 unspecified atom stereocenters. The predicted octanol–water partition coefficient (Wildman–Crippen LogP) is 0.752. The molecule has 1 aromatic rings. The molecular weight excluding hydrogens is 262 g/mol. The summed E-state index contributed by atoms with van der Waals surface area (Å²) in [6.45, 7) is 3.83. The molecule has 7 heteroatoms. The molecule has 1 rings (SSSR count). The minimum absolute atomic E-state index is 0.0832. The zero-order valence-corrected chi connectivity index (χ0v) is 12.1. The van der Waals surface area contributed by atoms with Crippen molar-refractivity contribution in [3.05, 3.63) is 18.1 Å². The van der Waals surface area contributed by atoms with Gasteiger partial charge in [-0.05, 0) is 5.92 Å². The van der Waals surface area contributed by atoms with E-state index in [0.29, 0.717) is 5.82 Å². The molecule has 7 nitrogen and oxygen atoms in total. The number of nitrogens with zero attached hydrogens (tertiary/aromatic N) is 3. The second-order valence-electron chi connectivity index (χ2n) is 4.46. The van der Waals surface area contributed by atoms with Crippen LogP contribution in [0.3, 0.4) is 0 Å². The number of anilines is 1. The van der Waals surface area contributed by atoms with Crippen LogP contribution in [0.5, 0.6) is 0 Å². The summed E-state index contributed by atoms with van der Waals surface area (Å²) < 4.78 is 9.24. The van der Waals surface area contributed by atoms with E-state index in [4.69, 9.17) is 0 Å². The number of aromatic nitrogens is 2. The monoisotopic (exact) mass is 281 g/mol. The standard InChI is InChI=1S/C13H19N3O4/c1-9(2)10-5-11(15-8-14-10)16(6-12(17)19-3)7-13(18)20-4/h5,8-9H,6-7H2,1-4H3. The van der Waals surface area contributed by atoms with Gasteiger partial charge in [-0.25, -0.2) is 9.97 Å². The lowest BCUT2D eigenvalue weighted by Crippen LogP contribution is -2.36. The number of methoxy groups -OCH3 is 2. The summed E-state index contributed by atoms with van der Waals surface area (Å²) in [5.74, 6) is -0.216.